The summed E-state index contributed by atoms with van der Waals surface area (Å²) in [6.45, 7) is 6.25. The highest BCUT2D eigenvalue weighted by molar-refractivity contribution is 6.06. The number of rotatable bonds is 4. The van der Waals surface area contributed by atoms with Gasteiger partial charge in [-0.1, -0.05) is 6.07 Å². The number of fused-ring (bicyclic) bond motifs is 1. The lowest BCUT2D eigenvalue weighted by Gasteiger charge is -2.28. The van der Waals surface area contributed by atoms with Crippen LogP contribution in [0.4, 0.5) is 0 Å². The zero-order valence-electron chi connectivity index (χ0n) is 12.6. The van der Waals surface area contributed by atoms with Gasteiger partial charge in [-0.3, -0.25) is 4.79 Å². The number of aromatic nitrogens is 1. The van der Waals surface area contributed by atoms with E-state index in [9.17, 15) is 9.90 Å². The second-order valence-electron chi connectivity index (χ2n) is 5.80. The van der Waals surface area contributed by atoms with Gasteiger partial charge < -0.3 is 14.6 Å². The predicted molar refractivity (Wildman–Crippen MR) is 80.8 cm³/mol. The van der Waals surface area contributed by atoms with Crippen molar-refractivity contribution in [2.24, 2.45) is 7.05 Å². The first-order valence-electron chi connectivity index (χ1n) is 6.89. The largest absolute Gasteiger partial charge is 0.389 e. The first kappa shape index (κ1) is 14.6. The monoisotopic (exact) mass is 274 g/mol. The van der Waals surface area contributed by atoms with Crippen molar-refractivity contribution in [3.05, 3.63) is 36.0 Å². The van der Waals surface area contributed by atoms with Crippen molar-refractivity contribution in [2.45, 2.75) is 26.4 Å². The number of hydrogen-bond donors (Lipinski definition) is 1. The van der Waals surface area contributed by atoms with Gasteiger partial charge in [-0.05, 0) is 39.0 Å². The second-order valence-corrected chi connectivity index (χ2v) is 5.80. The summed E-state index contributed by atoms with van der Waals surface area (Å²) in [5.74, 6) is -0.0357. The third kappa shape index (κ3) is 2.85. The lowest BCUT2D eigenvalue weighted by molar-refractivity contribution is 0.0316. The minimum atomic E-state index is -0.893. The molecule has 20 heavy (non-hydrogen) atoms. The van der Waals surface area contributed by atoms with Crippen molar-refractivity contribution in [3.63, 3.8) is 0 Å². The van der Waals surface area contributed by atoms with Crippen LogP contribution in [0, 0.1) is 0 Å². The zero-order chi connectivity index (χ0) is 14.9. The van der Waals surface area contributed by atoms with Gasteiger partial charge in [0.05, 0.1) is 5.60 Å². The fourth-order valence-corrected chi connectivity index (χ4v) is 2.45. The number of hydrogen-bond acceptors (Lipinski definition) is 2. The van der Waals surface area contributed by atoms with E-state index in [0.29, 0.717) is 18.7 Å². The van der Waals surface area contributed by atoms with Crippen LogP contribution in [0.1, 0.15) is 31.1 Å². The highest BCUT2D eigenvalue weighted by Crippen LogP contribution is 2.21. The van der Waals surface area contributed by atoms with Gasteiger partial charge in [-0.2, -0.15) is 0 Å². The molecule has 2 aromatic rings. The maximum Gasteiger partial charge on any atom is 0.254 e. The van der Waals surface area contributed by atoms with Gasteiger partial charge in [0, 0.05) is 42.8 Å². The molecule has 1 amide bonds. The molecule has 1 aromatic heterocycles. The van der Waals surface area contributed by atoms with Gasteiger partial charge >= 0.3 is 0 Å². The molecule has 0 aliphatic heterocycles. The number of benzene rings is 1. The van der Waals surface area contributed by atoms with Crippen molar-refractivity contribution in [2.75, 3.05) is 13.1 Å². The van der Waals surface area contributed by atoms with Gasteiger partial charge in [-0.15, -0.1) is 0 Å². The van der Waals surface area contributed by atoms with E-state index in [1.165, 1.54) is 0 Å². The summed E-state index contributed by atoms with van der Waals surface area (Å²) >= 11 is 0. The van der Waals surface area contributed by atoms with Gasteiger partial charge in [0.25, 0.3) is 5.91 Å². The van der Waals surface area contributed by atoms with Crippen LogP contribution < -0.4 is 0 Å². The summed E-state index contributed by atoms with van der Waals surface area (Å²) in [7, 11) is 1.96. The number of aliphatic hydroxyl groups is 1. The van der Waals surface area contributed by atoms with Crippen LogP contribution in [0.15, 0.2) is 30.5 Å². The molecule has 0 unspecified atom stereocenters. The molecule has 1 aromatic carbocycles. The van der Waals surface area contributed by atoms with E-state index in [-0.39, 0.29) is 5.91 Å². The van der Waals surface area contributed by atoms with E-state index >= 15 is 0 Å². The van der Waals surface area contributed by atoms with Crippen molar-refractivity contribution in [1.82, 2.24) is 9.47 Å². The number of nitrogens with zero attached hydrogens (tertiary/aromatic N) is 2. The third-order valence-electron chi connectivity index (χ3n) is 3.41. The van der Waals surface area contributed by atoms with Crippen molar-refractivity contribution < 1.29 is 9.90 Å². The smallest absolute Gasteiger partial charge is 0.254 e. The molecule has 4 heteroatoms. The second kappa shape index (κ2) is 5.29. The molecule has 0 bridgehead atoms. The van der Waals surface area contributed by atoms with Crippen LogP contribution in [0.25, 0.3) is 10.9 Å². The molecule has 0 fully saturated rings. The van der Waals surface area contributed by atoms with Crippen molar-refractivity contribution in [3.8, 4) is 0 Å². The molecular formula is C16H22N2O2. The van der Waals surface area contributed by atoms with Gasteiger partial charge in [0.1, 0.15) is 0 Å². The standard InChI is InChI=1S/C16H22N2O2/c1-5-18(11-16(2,3)20)15(19)13-7-6-8-14-12(13)9-10-17(14)4/h6-10,20H,5,11H2,1-4H3. The Hall–Kier alpha value is -1.81. The minimum absolute atomic E-state index is 0.0357. The lowest BCUT2D eigenvalue weighted by atomic mass is 10.1. The summed E-state index contributed by atoms with van der Waals surface area (Å²) in [5, 5.41) is 10.9. The quantitative estimate of drug-likeness (QED) is 0.930. The zero-order valence-corrected chi connectivity index (χ0v) is 12.6. The molecule has 0 radical (unpaired) electrons. The fourth-order valence-electron chi connectivity index (χ4n) is 2.45. The maximum absolute atomic E-state index is 12.7. The molecule has 0 atom stereocenters. The molecule has 2 rings (SSSR count). The molecule has 0 aliphatic rings. The molecular weight excluding hydrogens is 252 g/mol. The summed E-state index contributed by atoms with van der Waals surface area (Å²) < 4.78 is 2.00. The fraction of sp³-hybridized carbons (Fsp3) is 0.438. The minimum Gasteiger partial charge on any atom is -0.389 e. The average Bonchev–Trinajstić information content (AvgIpc) is 2.76. The van der Waals surface area contributed by atoms with E-state index in [1.54, 1.807) is 18.7 Å². The Morgan fingerprint density at radius 1 is 1.35 bits per heavy atom. The van der Waals surface area contributed by atoms with Crippen LogP contribution in [0.3, 0.4) is 0 Å². The molecule has 0 spiro atoms. The Kier molecular flexibility index (Phi) is 3.86. The topological polar surface area (TPSA) is 45.5 Å². The van der Waals surface area contributed by atoms with E-state index in [1.807, 2.05) is 49.0 Å². The van der Waals surface area contributed by atoms with E-state index in [2.05, 4.69) is 0 Å². The van der Waals surface area contributed by atoms with E-state index in [0.717, 1.165) is 10.9 Å². The Labute approximate surface area is 119 Å². The van der Waals surface area contributed by atoms with Gasteiger partial charge in [0.2, 0.25) is 0 Å². The summed E-state index contributed by atoms with van der Waals surface area (Å²) in [6.07, 6.45) is 1.95. The Morgan fingerprint density at radius 3 is 2.65 bits per heavy atom. The number of likely N-dealkylation sites (N-methyl/N-ethyl adjacent to an activating group) is 1. The molecule has 1 N–H and O–H groups in total. The Morgan fingerprint density at radius 2 is 2.05 bits per heavy atom. The Bertz CT molecular complexity index is 623. The highest BCUT2D eigenvalue weighted by Gasteiger charge is 2.23. The normalized spacial score (nSPS) is 11.8. The SMILES string of the molecule is CCN(CC(C)(C)O)C(=O)c1cccc2c1ccn2C. The predicted octanol–water partition coefficient (Wildman–Crippen LogP) is 2.41. The molecule has 0 aliphatic carbocycles. The molecule has 0 saturated heterocycles. The molecule has 0 saturated carbocycles. The maximum atomic E-state index is 12.7. The first-order chi connectivity index (χ1) is 9.33. The van der Waals surface area contributed by atoms with E-state index < -0.39 is 5.60 Å². The summed E-state index contributed by atoms with van der Waals surface area (Å²) in [6, 6.07) is 7.70. The molecule has 4 nitrogen and oxygen atoms in total. The van der Waals surface area contributed by atoms with Crippen molar-refractivity contribution in [1.29, 1.82) is 0 Å². The van der Waals surface area contributed by atoms with Gasteiger partial charge in [-0.25, -0.2) is 0 Å². The first-order valence-corrected chi connectivity index (χ1v) is 6.89. The summed E-state index contributed by atoms with van der Waals surface area (Å²) in [4.78, 5) is 14.4. The van der Waals surface area contributed by atoms with Crippen molar-refractivity contribution >= 4 is 16.8 Å². The number of carbonyl (C=O) groups is 1. The van der Waals surface area contributed by atoms with Crippen LogP contribution >= 0.6 is 0 Å². The summed E-state index contributed by atoms with van der Waals surface area (Å²) in [5.41, 5.74) is 0.834. The molecule has 108 valence electrons. The third-order valence-corrected chi connectivity index (χ3v) is 3.41. The van der Waals surface area contributed by atoms with Crippen LogP contribution in [-0.2, 0) is 7.05 Å². The number of carbonyl (C=O) groups excluding carboxylic acids is 1. The lowest BCUT2D eigenvalue weighted by Crippen LogP contribution is -2.42. The van der Waals surface area contributed by atoms with Gasteiger partial charge in [0.15, 0.2) is 0 Å². The average molecular weight is 274 g/mol. The number of amides is 1. The highest BCUT2D eigenvalue weighted by atomic mass is 16.3. The van der Waals surface area contributed by atoms with E-state index in [4.69, 9.17) is 0 Å². The molecule has 1 heterocycles. The number of aryl methyl sites for hydroxylation is 1. The van der Waals surface area contributed by atoms with Crippen LogP contribution in [0.5, 0.6) is 0 Å². The van der Waals surface area contributed by atoms with Crippen LogP contribution in [-0.4, -0.2) is 39.2 Å². The Balaban J connectivity index is 2.39. The van der Waals surface area contributed by atoms with Crippen LogP contribution in [0.2, 0.25) is 0 Å².